The Kier molecular flexibility index (Phi) is 6.04. The molecule has 3 aromatic rings. The Morgan fingerprint density at radius 1 is 0.862 bits per heavy atom. The summed E-state index contributed by atoms with van der Waals surface area (Å²) in [6.07, 6.45) is 3.96. The van der Waals surface area contributed by atoms with Crippen molar-refractivity contribution in [2.75, 3.05) is 0 Å². The number of nitrogens with zero attached hydrogens (tertiary/aromatic N) is 1. The third-order valence-electron chi connectivity index (χ3n) is 4.35. The molecule has 1 heterocycles. The third-order valence-corrected chi connectivity index (χ3v) is 4.35. The highest BCUT2D eigenvalue weighted by Crippen LogP contribution is 2.10. The van der Waals surface area contributed by atoms with Crippen LogP contribution in [0.2, 0.25) is 0 Å². The van der Waals surface area contributed by atoms with Gasteiger partial charge in [-0.05, 0) is 11.1 Å². The monoisotopic (exact) mass is 389 g/mol. The lowest BCUT2D eigenvalue weighted by atomic mass is 10.0. The number of aromatic nitrogens is 1. The molecule has 0 atom stereocenters. The SMILES string of the molecule is O=C(O)C(O)=CC(=O)c1cn(Cc2ccccc2)cc(Cc2ccccc2)c1=O. The molecule has 0 aliphatic rings. The van der Waals surface area contributed by atoms with Gasteiger partial charge in [-0.25, -0.2) is 4.79 Å². The van der Waals surface area contributed by atoms with Crippen LogP contribution in [0.1, 0.15) is 27.0 Å². The van der Waals surface area contributed by atoms with Crippen LogP contribution >= 0.6 is 0 Å². The highest BCUT2D eigenvalue weighted by Gasteiger charge is 2.16. The van der Waals surface area contributed by atoms with Crippen LogP contribution < -0.4 is 5.43 Å². The lowest BCUT2D eigenvalue weighted by Crippen LogP contribution is -2.22. The van der Waals surface area contributed by atoms with Gasteiger partial charge in [0.05, 0.1) is 5.56 Å². The topological polar surface area (TPSA) is 96.6 Å². The first-order valence-electron chi connectivity index (χ1n) is 8.93. The predicted molar refractivity (Wildman–Crippen MR) is 108 cm³/mol. The van der Waals surface area contributed by atoms with Gasteiger partial charge in [-0.3, -0.25) is 9.59 Å². The van der Waals surface area contributed by atoms with E-state index >= 15 is 0 Å². The number of carbonyl (C=O) groups is 2. The first-order valence-corrected chi connectivity index (χ1v) is 8.93. The maximum atomic E-state index is 12.9. The van der Waals surface area contributed by atoms with E-state index in [0.29, 0.717) is 24.6 Å². The number of benzene rings is 2. The number of hydrogen-bond donors (Lipinski definition) is 2. The quantitative estimate of drug-likeness (QED) is 0.367. The number of rotatable bonds is 7. The summed E-state index contributed by atoms with van der Waals surface area (Å²) in [4.78, 5) is 36.2. The fourth-order valence-corrected chi connectivity index (χ4v) is 2.96. The maximum absolute atomic E-state index is 12.9. The average Bonchev–Trinajstić information content (AvgIpc) is 2.71. The van der Waals surface area contributed by atoms with Gasteiger partial charge < -0.3 is 14.8 Å². The molecular weight excluding hydrogens is 370 g/mol. The van der Waals surface area contributed by atoms with Gasteiger partial charge in [0.2, 0.25) is 5.76 Å². The Labute approximate surface area is 167 Å². The number of carbonyl (C=O) groups excluding carboxylic acids is 1. The summed E-state index contributed by atoms with van der Waals surface area (Å²) in [5, 5.41) is 18.2. The van der Waals surface area contributed by atoms with Crippen LogP contribution in [0.5, 0.6) is 0 Å². The Morgan fingerprint density at radius 3 is 2.03 bits per heavy atom. The van der Waals surface area contributed by atoms with E-state index in [9.17, 15) is 19.5 Å². The van der Waals surface area contributed by atoms with Gasteiger partial charge in [0, 0.05) is 37.0 Å². The zero-order chi connectivity index (χ0) is 20.8. The lowest BCUT2D eigenvalue weighted by Gasteiger charge is -2.12. The Morgan fingerprint density at radius 2 is 1.45 bits per heavy atom. The number of aliphatic hydroxyl groups excluding tert-OH is 1. The van der Waals surface area contributed by atoms with Gasteiger partial charge in [0.1, 0.15) is 0 Å². The Hall–Kier alpha value is -3.93. The van der Waals surface area contributed by atoms with Crippen LogP contribution in [-0.2, 0) is 17.8 Å². The van der Waals surface area contributed by atoms with Crippen LogP contribution in [0.3, 0.4) is 0 Å². The van der Waals surface area contributed by atoms with Gasteiger partial charge in [-0.2, -0.15) is 0 Å². The summed E-state index contributed by atoms with van der Waals surface area (Å²) in [6.45, 7) is 0.428. The first kappa shape index (κ1) is 19.8. The van der Waals surface area contributed by atoms with E-state index in [1.807, 2.05) is 60.7 Å². The van der Waals surface area contributed by atoms with Crippen molar-refractivity contribution in [1.82, 2.24) is 4.57 Å². The zero-order valence-corrected chi connectivity index (χ0v) is 15.5. The molecule has 0 saturated carbocycles. The number of carboxylic acid groups (broad SMARTS) is 1. The molecule has 0 unspecified atom stereocenters. The highest BCUT2D eigenvalue weighted by atomic mass is 16.4. The summed E-state index contributed by atoms with van der Waals surface area (Å²) in [6, 6.07) is 18.9. The molecule has 6 heteroatoms. The molecule has 1 aromatic heterocycles. The fourth-order valence-electron chi connectivity index (χ4n) is 2.96. The molecule has 2 N–H and O–H groups in total. The number of aliphatic hydroxyl groups is 1. The minimum Gasteiger partial charge on any atom is -0.502 e. The summed E-state index contributed by atoms with van der Waals surface area (Å²) < 4.78 is 1.72. The second-order valence-electron chi connectivity index (χ2n) is 6.55. The zero-order valence-electron chi connectivity index (χ0n) is 15.5. The lowest BCUT2D eigenvalue weighted by molar-refractivity contribution is -0.135. The second-order valence-corrected chi connectivity index (χ2v) is 6.55. The van der Waals surface area contributed by atoms with Crippen molar-refractivity contribution in [1.29, 1.82) is 0 Å². The molecule has 0 amide bonds. The van der Waals surface area contributed by atoms with E-state index in [-0.39, 0.29) is 5.56 Å². The molecule has 0 aliphatic carbocycles. The van der Waals surface area contributed by atoms with Crippen LogP contribution in [-0.4, -0.2) is 26.5 Å². The van der Waals surface area contributed by atoms with Crippen LogP contribution in [0.25, 0.3) is 0 Å². The number of allylic oxidation sites excluding steroid dienone is 1. The third kappa shape index (κ3) is 5.07. The van der Waals surface area contributed by atoms with E-state index in [1.54, 1.807) is 10.8 Å². The molecule has 2 aromatic carbocycles. The van der Waals surface area contributed by atoms with Crippen molar-refractivity contribution in [2.24, 2.45) is 0 Å². The minimum absolute atomic E-state index is 0.192. The number of aliphatic carboxylic acids is 1. The average molecular weight is 389 g/mol. The summed E-state index contributed by atoms with van der Waals surface area (Å²) in [7, 11) is 0. The molecule has 6 nitrogen and oxygen atoms in total. The molecule has 146 valence electrons. The molecule has 0 fully saturated rings. The fraction of sp³-hybridized carbons (Fsp3) is 0.0870. The van der Waals surface area contributed by atoms with E-state index in [0.717, 1.165) is 11.1 Å². The van der Waals surface area contributed by atoms with Crippen LogP contribution in [0.15, 0.2) is 89.7 Å². The van der Waals surface area contributed by atoms with Crippen molar-refractivity contribution in [3.05, 3.63) is 117 Å². The Balaban J connectivity index is 2.06. The van der Waals surface area contributed by atoms with Crippen molar-refractivity contribution >= 4 is 11.8 Å². The van der Waals surface area contributed by atoms with Gasteiger partial charge in [-0.1, -0.05) is 60.7 Å². The molecule has 0 radical (unpaired) electrons. The number of carboxylic acids is 1. The van der Waals surface area contributed by atoms with Crippen molar-refractivity contribution in [2.45, 2.75) is 13.0 Å². The highest BCUT2D eigenvalue weighted by molar-refractivity contribution is 6.07. The van der Waals surface area contributed by atoms with Gasteiger partial charge in [0.15, 0.2) is 11.2 Å². The van der Waals surface area contributed by atoms with Crippen LogP contribution in [0.4, 0.5) is 0 Å². The number of hydrogen-bond acceptors (Lipinski definition) is 4. The summed E-state index contributed by atoms with van der Waals surface area (Å²) in [5.74, 6) is -3.60. The first-order chi connectivity index (χ1) is 13.9. The molecule has 29 heavy (non-hydrogen) atoms. The van der Waals surface area contributed by atoms with E-state index < -0.39 is 22.9 Å². The minimum atomic E-state index is -1.64. The summed E-state index contributed by atoms with van der Waals surface area (Å²) in [5.41, 5.74) is 1.61. The molecule has 0 spiro atoms. The standard InChI is InChI=1S/C23H19NO5/c25-20(12-21(26)23(28)29)19-15-24(13-17-9-5-2-6-10-17)14-18(22(19)27)11-16-7-3-1-4-8-16/h1-10,12,14-15,26H,11,13H2,(H,28,29). The molecule has 0 bridgehead atoms. The van der Waals surface area contributed by atoms with E-state index in [4.69, 9.17) is 5.11 Å². The van der Waals surface area contributed by atoms with E-state index in [2.05, 4.69) is 0 Å². The van der Waals surface area contributed by atoms with Crippen molar-refractivity contribution in [3.8, 4) is 0 Å². The smallest absolute Gasteiger partial charge is 0.371 e. The number of pyridine rings is 1. The van der Waals surface area contributed by atoms with Gasteiger partial charge >= 0.3 is 5.97 Å². The van der Waals surface area contributed by atoms with Crippen molar-refractivity contribution < 1.29 is 19.8 Å². The van der Waals surface area contributed by atoms with Gasteiger partial charge in [-0.15, -0.1) is 0 Å². The largest absolute Gasteiger partial charge is 0.502 e. The van der Waals surface area contributed by atoms with Crippen molar-refractivity contribution in [3.63, 3.8) is 0 Å². The molecule has 0 saturated heterocycles. The molecule has 3 rings (SSSR count). The predicted octanol–water partition coefficient (Wildman–Crippen LogP) is 3.20. The normalized spacial score (nSPS) is 11.2. The molecule has 0 aliphatic heterocycles. The van der Waals surface area contributed by atoms with Gasteiger partial charge in [0.25, 0.3) is 0 Å². The second kappa shape index (κ2) is 8.84. The van der Waals surface area contributed by atoms with Crippen LogP contribution in [0, 0.1) is 0 Å². The van der Waals surface area contributed by atoms with E-state index in [1.165, 1.54) is 6.20 Å². The molecular formula is C23H19NO5. The number of ketones is 1. The maximum Gasteiger partial charge on any atom is 0.371 e. The summed E-state index contributed by atoms with van der Waals surface area (Å²) >= 11 is 0. The Bertz CT molecular complexity index is 1120.